The molecule has 1 aromatic carbocycles. The van der Waals surface area contributed by atoms with Crippen LogP contribution in [-0.2, 0) is 20.9 Å². The molecule has 2 amide bonds. The summed E-state index contributed by atoms with van der Waals surface area (Å²) in [7, 11) is 0. The van der Waals surface area contributed by atoms with Gasteiger partial charge in [-0.2, -0.15) is 5.10 Å². The molecule has 26 heavy (non-hydrogen) atoms. The van der Waals surface area contributed by atoms with Gasteiger partial charge < -0.3 is 10.1 Å². The minimum absolute atomic E-state index is 0.0353. The van der Waals surface area contributed by atoms with Gasteiger partial charge in [0.15, 0.2) is 0 Å². The van der Waals surface area contributed by atoms with Gasteiger partial charge in [0, 0.05) is 30.4 Å². The fraction of sp³-hybridized carbons (Fsp3) is 0.263. The molecule has 7 heteroatoms. The number of pyridine rings is 1. The third-order valence-electron chi connectivity index (χ3n) is 3.95. The van der Waals surface area contributed by atoms with E-state index in [0.29, 0.717) is 18.7 Å². The van der Waals surface area contributed by atoms with Crippen LogP contribution in [0.4, 0.5) is 5.69 Å². The number of hydrogen-bond donors (Lipinski definition) is 2. The second kappa shape index (κ2) is 8.35. The number of rotatable bonds is 6. The Kier molecular flexibility index (Phi) is 5.70. The monoisotopic (exact) mass is 352 g/mol. The Balaban J connectivity index is 1.51. The van der Waals surface area contributed by atoms with Gasteiger partial charge in [0.2, 0.25) is 11.8 Å². The highest BCUT2D eigenvalue weighted by molar-refractivity contribution is 6.06. The topological polar surface area (TPSA) is 92.7 Å². The quantitative estimate of drug-likeness (QED) is 0.833. The number of aromatic nitrogens is 1. The van der Waals surface area contributed by atoms with Gasteiger partial charge >= 0.3 is 0 Å². The first-order chi connectivity index (χ1) is 12.6. The van der Waals surface area contributed by atoms with Crippen molar-refractivity contribution in [2.45, 2.75) is 20.0 Å². The van der Waals surface area contributed by atoms with E-state index in [1.165, 1.54) is 0 Å². The Hall–Kier alpha value is -3.06. The fourth-order valence-electron chi connectivity index (χ4n) is 2.67. The molecule has 0 saturated carbocycles. The zero-order valence-electron chi connectivity index (χ0n) is 14.4. The lowest BCUT2D eigenvalue weighted by atomic mass is 9.94. The summed E-state index contributed by atoms with van der Waals surface area (Å²) in [6, 6.07) is 11.1. The van der Waals surface area contributed by atoms with Crippen LogP contribution < -0.4 is 10.7 Å². The predicted molar refractivity (Wildman–Crippen MR) is 97.4 cm³/mol. The summed E-state index contributed by atoms with van der Waals surface area (Å²) in [5.74, 6) is -0.237. The van der Waals surface area contributed by atoms with Crippen molar-refractivity contribution in [1.82, 2.24) is 10.4 Å². The van der Waals surface area contributed by atoms with Crippen LogP contribution in [0.15, 0.2) is 53.9 Å². The molecule has 0 saturated heterocycles. The maximum atomic E-state index is 12.0. The van der Waals surface area contributed by atoms with Gasteiger partial charge in [0.25, 0.3) is 0 Å². The van der Waals surface area contributed by atoms with Gasteiger partial charge in [0.05, 0.1) is 12.3 Å². The zero-order chi connectivity index (χ0) is 18.4. The first kappa shape index (κ1) is 17.8. The molecular formula is C19H20N4O3. The standard InChI is InChI=1S/C19H20N4O3/c1-13-9-17(24)22-23-19(13)15-4-6-16(7-5-15)21-18(25)12-26-11-14-3-2-8-20-10-14/h2-8,10,13H,9,11-12H2,1H3,(H,21,25)(H,22,24). The molecule has 1 atom stereocenters. The number of amides is 2. The number of nitrogens with one attached hydrogen (secondary N) is 2. The van der Waals surface area contributed by atoms with Crippen LogP contribution in [0, 0.1) is 5.92 Å². The Morgan fingerprint density at radius 1 is 1.31 bits per heavy atom. The van der Waals surface area contributed by atoms with Gasteiger partial charge in [-0.15, -0.1) is 0 Å². The van der Waals surface area contributed by atoms with Crippen LogP contribution in [0.25, 0.3) is 0 Å². The highest BCUT2D eigenvalue weighted by atomic mass is 16.5. The Morgan fingerprint density at radius 3 is 2.81 bits per heavy atom. The molecule has 0 spiro atoms. The lowest BCUT2D eigenvalue weighted by Crippen LogP contribution is -2.31. The van der Waals surface area contributed by atoms with Gasteiger partial charge in [-0.3, -0.25) is 14.6 Å². The molecule has 2 N–H and O–H groups in total. The number of ether oxygens (including phenoxy) is 1. The predicted octanol–water partition coefficient (Wildman–Crippen LogP) is 2.10. The molecule has 1 aromatic heterocycles. The van der Waals surface area contributed by atoms with Gasteiger partial charge in [-0.25, -0.2) is 5.43 Å². The molecule has 1 aliphatic heterocycles. The Morgan fingerprint density at radius 2 is 2.12 bits per heavy atom. The second-order valence-electron chi connectivity index (χ2n) is 6.12. The van der Waals surface area contributed by atoms with Crippen LogP contribution in [0.2, 0.25) is 0 Å². The van der Waals surface area contributed by atoms with Crippen LogP contribution in [0.1, 0.15) is 24.5 Å². The summed E-state index contributed by atoms with van der Waals surface area (Å²) in [6.07, 6.45) is 3.81. The summed E-state index contributed by atoms with van der Waals surface area (Å²) in [4.78, 5) is 27.3. The van der Waals surface area contributed by atoms with Gasteiger partial charge in [0.1, 0.15) is 6.61 Å². The van der Waals surface area contributed by atoms with E-state index in [9.17, 15) is 9.59 Å². The molecule has 3 rings (SSSR count). The lowest BCUT2D eigenvalue weighted by Gasteiger charge is -2.19. The molecule has 134 valence electrons. The van der Waals surface area contributed by atoms with Crippen molar-refractivity contribution in [2.24, 2.45) is 11.0 Å². The number of carbonyl (C=O) groups excluding carboxylic acids is 2. The highest BCUT2D eigenvalue weighted by Crippen LogP contribution is 2.18. The number of hydrogen-bond acceptors (Lipinski definition) is 5. The van der Waals surface area contributed by atoms with Crippen molar-refractivity contribution >= 4 is 23.2 Å². The molecule has 0 aliphatic carbocycles. The van der Waals surface area contributed by atoms with Crippen molar-refractivity contribution < 1.29 is 14.3 Å². The highest BCUT2D eigenvalue weighted by Gasteiger charge is 2.21. The molecular weight excluding hydrogens is 332 g/mol. The summed E-state index contributed by atoms with van der Waals surface area (Å²) in [6.45, 7) is 2.27. The summed E-state index contributed by atoms with van der Waals surface area (Å²) in [5.41, 5.74) is 5.85. The number of anilines is 1. The normalized spacial score (nSPS) is 16.6. The number of hydrazone groups is 1. The average molecular weight is 352 g/mol. The summed E-state index contributed by atoms with van der Waals surface area (Å²) < 4.78 is 5.39. The Bertz CT molecular complexity index is 803. The van der Waals surface area contributed by atoms with E-state index in [1.54, 1.807) is 24.5 Å². The van der Waals surface area contributed by atoms with E-state index in [1.807, 2.05) is 31.2 Å². The van der Waals surface area contributed by atoms with E-state index in [-0.39, 0.29) is 24.3 Å². The molecule has 1 aliphatic rings. The largest absolute Gasteiger partial charge is 0.367 e. The molecule has 2 aromatic rings. The third kappa shape index (κ3) is 4.73. The van der Waals surface area contributed by atoms with E-state index in [4.69, 9.17) is 4.74 Å². The maximum Gasteiger partial charge on any atom is 0.250 e. The lowest BCUT2D eigenvalue weighted by molar-refractivity contribution is -0.122. The second-order valence-corrected chi connectivity index (χ2v) is 6.12. The number of carbonyl (C=O) groups is 2. The zero-order valence-corrected chi connectivity index (χ0v) is 14.4. The van der Waals surface area contributed by atoms with Crippen molar-refractivity contribution in [2.75, 3.05) is 11.9 Å². The van der Waals surface area contributed by atoms with E-state index in [0.717, 1.165) is 16.8 Å². The van der Waals surface area contributed by atoms with Gasteiger partial charge in [-0.1, -0.05) is 25.1 Å². The minimum Gasteiger partial charge on any atom is -0.367 e. The molecule has 0 radical (unpaired) electrons. The average Bonchev–Trinajstić information content (AvgIpc) is 2.63. The molecule has 2 heterocycles. The number of nitrogens with zero attached hydrogens (tertiary/aromatic N) is 2. The van der Waals surface area contributed by atoms with Crippen molar-refractivity contribution in [3.8, 4) is 0 Å². The van der Waals surface area contributed by atoms with E-state index < -0.39 is 0 Å². The van der Waals surface area contributed by atoms with Crippen molar-refractivity contribution in [3.63, 3.8) is 0 Å². The maximum absolute atomic E-state index is 12.0. The van der Waals surface area contributed by atoms with E-state index in [2.05, 4.69) is 20.8 Å². The molecule has 0 bridgehead atoms. The SMILES string of the molecule is CC1CC(=O)NN=C1c1ccc(NC(=O)COCc2cccnc2)cc1. The third-order valence-corrected chi connectivity index (χ3v) is 3.95. The van der Waals surface area contributed by atoms with Gasteiger partial charge in [-0.05, 0) is 29.3 Å². The summed E-state index contributed by atoms with van der Waals surface area (Å²) in [5, 5.41) is 6.91. The molecule has 7 nitrogen and oxygen atoms in total. The summed E-state index contributed by atoms with van der Waals surface area (Å²) >= 11 is 0. The fourth-order valence-corrected chi connectivity index (χ4v) is 2.67. The number of benzene rings is 1. The minimum atomic E-state index is -0.225. The molecule has 1 unspecified atom stereocenters. The first-order valence-corrected chi connectivity index (χ1v) is 8.35. The van der Waals surface area contributed by atoms with Crippen LogP contribution in [-0.4, -0.2) is 29.1 Å². The van der Waals surface area contributed by atoms with Crippen LogP contribution in [0.3, 0.4) is 0 Å². The van der Waals surface area contributed by atoms with Crippen LogP contribution >= 0.6 is 0 Å². The van der Waals surface area contributed by atoms with E-state index >= 15 is 0 Å². The first-order valence-electron chi connectivity index (χ1n) is 8.35. The van der Waals surface area contributed by atoms with Crippen molar-refractivity contribution in [1.29, 1.82) is 0 Å². The van der Waals surface area contributed by atoms with Crippen LogP contribution in [0.5, 0.6) is 0 Å². The van der Waals surface area contributed by atoms with Crippen molar-refractivity contribution in [3.05, 3.63) is 59.9 Å². The molecule has 0 fully saturated rings. The smallest absolute Gasteiger partial charge is 0.250 e. The Labute approximate surface area is 151 Å².